The molecule has 0 radical (unpaired) electrons. The van der Waals surface area contributed by atoms with E-state index in [2.05, 4.69) is 40.9 Å². The van der Waals surface area contributed by atoms with Gasteiger partial charge in [-0.25, -0.2) is 0 Å². The van der Waals surface area contributed by atoms with Crippen LogP contribution in [-0.2, 0) is 11.2 Å². The third kappa shape index (κ3) is 2.55. The van der Waals surface area contributed by atoms with E-state index in [1.807, 2.05) is 11.3 Å². The topological polar surface area (TPSA) is 21.3 Å². The Morgan fingerprint density at radius 2 is 2.35 bits per heavy atom. The van der Waals surface area contributed by atoms with Gasteiger partial charge in [-0.05, 0) is 66.8 Å². The molecule has 0 bridgehead atoms. The predicted molar refractivity (Wildman–Crippen MR) is 79.7 cm³/mol. The zero-order valence-electron chi connectivity index (χ0n) is 10.0. The highest BCUT2D eigenvalue weighted by Crippen LogP contribution is 2.37. The van der Waals surface area contributed by atoms with E-state index >= 15 is 0 Å². The molecule has 1 aliphatic heterocycles. The van der Waals surface area contributed by atoms with Crippen LogP contribution in [0.15, 0.2) is 6.07 Å². The maximum Gasteiger partial charge on any atom is 0.0700 e. The van der Waals surface area contributed by atoms with Crippen LogP contribution in [0.1, 0.15) is 42.7 Å². The van der Waals surface area contributed by atoms with Crippen LogP contribution >= 0.6 is 33.9 Å². The predicted octanol–water partition coefficient (Wildman–Crippen LogP) is 3.50. The van der Waals surface area contributed by atoms with E-state index in [9.17, 15) is 0 Å². The average molecular weight is 363 g/mol. The molecule has 0 spiro atoms. The van der Waals surface area contributed by atoms with Crippen LogP contribution in [0.5, 0.6) is 0 Å². The highest BCUT2D eigenvalue weighted by Gasteiger charge is 2.29. The maximum absolute atomic E-state index is 5.64. The van der Waals surface area contributed by atoms with E-state index in [4.69, 9.17) is 4.74 Å². The van der Waals surface area contributed by atoms with Crippen LogP contribution in [0.2, 0.25) is 0 Å². The van der Waals surface area contributed by atoms with E-state index < -0.39 is 0 Å². The second-order valence-corrected chi connectivity index (χ2v) is 8.04. The van der Waals surface area contributed by atoms with E-state index in [0.29, 0.717) is 18.2 Å². The van der Waals surface area contributed by atoms with Crippen molar-refractivity contribution in [2.45, 2.75) is 50.8 Å². The van der Waals surface area contributed by atoms with Gasteiger partial charge in [0.1, 0.15) is 0 Å². The molecule has 2 aliphatic rings. The smallest absolute Gasteiger partial charge is 0.0700 e. The number of halogens is 1. The van der Waals surface area contributed by atoms with Crippen LogP contribution in [0, 0.1) is 2.88 Å². The van der Waals surface area contributed by atoms with Gasteiger partial charge in [0.15, 0.2) is 0 Å². The molecule has 1 N–H and O–H groups in total. The molecule has 4 heteroatoms. The van der Waals surface area contributed by atoms with Crippen molar-refractivity contribution in [1.29, 1.82) is 0 Å². The highest BCUT2D eigenvalue weighted by atomic mass is 127. The molecular formula is C13H18INOS. The van der Waals surface area contributed by atoms with Crippen LogP contribution in [0.4, 0.5) is 0 Å². The Labute approximate surface area is 120 Å². The molecule has 0 amide bonds. The summed E-state index contributed by atoms with van der Waals surface area (Å²) in [6, 6.07) is 3.48. The van der Waals surface area contributed by atoms with E-state index in [0.717, 1.165) is 13.0 Å². The van der Waals surface area contributed by atoms with Crippen LogP contribution in [0.25, 0.3) is 0 Å². The Balaban J connectivity index is 1.76. The minimum Gasteiger partial charge on any atom is -0.377 e. The number of ether oxygens (including phenoxy) is 1. The van der Waals surface area contributed by atoms with Crippen molar-refractivity contribution in [3.63, 3.8) is 0 Å². The van der Waals surface area contributed by atoms with Gasteiger partial charge in [0.25, 0.3) is 0 Å². The lowest BCUT2D eigenvalue weighted by Crippen LogP contribution is -2.38. The van der Waals surface area contributed by atoms with Gasteiger partial charge in [0, 0.05) is 23.6 Å². The SMILES string of the molecule is CC1OCCC1NC1CCCc2sc(I)cc21. The fourth-order valence-electron chi connectivity index (χ4n) is 2.90. The first-order chi connectivity index (χ1) is 8.24. The Hall–Kier alpha value is 0.350. The Kier molecular flexibility index (Phi) is 3.75. The molecular weight excluding hydrogens is 345 g/mol. The fourth-order valence-corrected chi connectivity index (χ4v) is 5.02. The van der Waals surface area contributed by atoms with Crippen LogP contribution in [-0.4, -0.2) is 18.8 Å². The van der Waals surface area contributed by atoms with Crippen molar-refractivity contribution in [3.8, 4) is 0 Å². The molecule has 3 unspecified atom stereocenters. The van der Waals surface area contributed by atoms with Crippen LogP contribution in [0.3, 0.4) is 0 Å². The summed E-state index contributed by atoms with van der Waals surface area (Å²) in [6.45, 7) is 3.10. The Morgan fingerprint density at radius 3 is 3.12 bits per heavy atom. The number of nitrogens with one attached hydrogen (secondary N) is 1. The van der Waals surface area contributed by atoms with Crippen molar-refractivity contribution in [1.82, 2.24) is 5.32 Å². The number of hydrogen-bond donors (Lipinski definition) is 1. The van der Waals surface area contributed by atoms with Gasteiger partial charge in [-0.15, -0.1) is 11.3 Å². The number of fused-ring (bicyclic) bond motifs is 1. The standard InChI is InChI=1S/C13H18INOS/c1-8-10(5-6-16-8)15-11-3-2-4-12-9(11)7-13(14)17-12/h7-8,10-11,15H,2-6H2,1H3. The average Bonchev–Trinajstić information content (AvgIpc) is 2.85. The quantitative estimate of drug-likeness (QED) is 0.813. The number of hydrogen-bond acceptors (Lipinski definition) is 3. The second kappa shape index (κ2) is 5.15. The van der Waals surface area contributed by atoms with Crippen molar-refractivity contribution in [2.24, 2.45) is 0 Å². The van der Waals surface area contributed by atoms with Gasteiger partial charge in [-0.1, -0.05) is 0 Å². The first-order valence-corrected chi connectivity index (χ1v) is 8.29. The number of thiophene rings is 1. The van der Waals surface area contributed by atoms with E-state index in [-0.39, 0.29) is 0 Å². The third-order valence-corrected chi connectivity index (χ3v) is 5.85. The summed E-state index contributed by atoms with van der Waals surface area (Å²) in [4.78, 5) is 1.60. The lowest BCUT2D eigenvalue weighted by molar-refractivity contribution is 0.110. The summed E-state index contributed by atoms with van der Waals surface area (Å²) in [5.41, 5.74) is 1.56. The molecule has 1 fully saturated rings. The van der Waals surface area contributed by atoms with Crippen molar-refractivity contribution < 1.29 is 4.74 Å². The summed E-state index contributed by atoms with van der Waals surface area (Å²) in [5.74, 6) is 0. The Bertz CT molecular complexity index is 406. The van der Waals surface area contributed by atoms with Gasteiger partial charge in [0.05, 0.1) is 8.99 Å². The number of aryl methyl sites for hydroxylation is 1. The molecule has 0 saturated carbocycles. The van der Waals surface area contributed by atoms with E-state index in [1.54, 1.807) is 10.4 Å². The van der Waals surface area contributed by atoms with Gasteiger partial charge in [-0.3, -0.25) is 0 Å². The molecule has 1 aromatic rings. The molecule has 1 aromatic heterocycles. The zero-order chi connectivity index (χ0) is 11.8. The molecule has 1 aliphatic carbocycles. The normalized spacial score (nSPS) is 32.7. The molecule has 3 atom stereocenters. The third-order valence-electron chi connectivity index (χ3n) is 3.88. The molecule has 2 heterocycles. The summed E-state index contributed by atoms with van der Waals surface area (Å²) in [5, 5.41) is 3.82. The first kappa shape index (κ1) is 12.4. The minimum atomic E-state index is 0.373. The van der Waals surface area contributed by atoms with Gasteiger partial charge in [-0.2, -0.15) is 0 Å². The van der Waals surface area contributed by atoms with Crippen molar-refractivity contribution >= 4 is 33.9 Å². The van der Waals surface area contributed by atoms with Gasteiger partial charge >= 0.3 is 0 Å². The lowest BCUT2D eigenvalue weighted by Gasteiger charge is -2.28. The summed E-state index contributed by atoms with van der Waals surface area (Å²) < 4.78 is 7.07. The molecule has 0 aromatic carbocycles. The fraction of sp³-hybridized carbons (Fsp3) is 0.692. The largest absolute Gasteiger partial charge is 0.377 e. The Morgan fingerprint density at radius 1 is 1.47 bits per heavy atom. The monoisotopic (exact) mass is 363 g/mol. The zero-order valence-corrected chi connectivity index (χ0v) is 13.0. The molecule has 2 nitrogen and oxygen atoms in total. The molecule has 1 saturated heterocycles. The first-order valence-electron chi connectivity index (χ1n) is 6.40. The molecule has 94 valence electrons. The second-order valence-electron chi connectivity index (χ2n) is 5.01. The van der Waals surface area contributed by atoms with Gasteiger partial charge < -0.3 is 10.1 Å². The van der Waals surface area contributed by atoms with Gasteiger partial charge in [0.2, 0.25) is 0 Å². The highest BCUT2D eigenvalue weighted by molar-refractivity contribution is 14.1. The summed E-state index contributed by atoms with van der Waals surface area (Å²) >= 11 is 4.41. The molecule has 17 heavy (non-hydrogen) atoms. The van der Waals surface area contributed by atoms with Crippen molar-refractivity contribution in [3.05, 3.63) is 19.4 Å². The van der Waals surface area contributed by atoms with E-state index in [1.165, 1.54) is 22.1 Å². The summed E-state index contributed by atoms with van der Waals surface area (Å²) in [7, 11) is 0. The number of rotatable bonds is 2. The van der Waals surface area contributed by atoms with Crippen LogP contribution < -0.4 is 5.32 Å². The lowest BCUT2D eigenvalue weighted by atomic mass is 9.93. The minimum absolute atomic E-state index is 0.373. The summed E-state index contributed by atoms with van der Waals surface area (Å²) in [6.07, 6.45) is 5.41. The molecule has 3 rings (SSSR count). The van der Waals surface area contributed by atoms with Crippen molar-refractivity contribution in [2.75, 3.05) is 6.61 Å². The maximum atomic E-state index is 5.64.